The Hall–Kier alpha value is -2.51. The molecule has 0 unspecified atom stereocenters. The minimum atomic E-state index is -0.347. The highest BCUT2D eigenvalue weighted by Gasteiger charge is 2.06. The van der Waals surface area contributed by atoms with Crippen molar-refractivity contribution >= 4 is 5.91 Å². The molecule has 2 aromatic heterocycles. The number of H-pyrrole nitrogens is 2. The molecule has 0 aliphatic heterocycles. The summed E-state index contributed by atoms with van der Waals surface area (Å²) in [4.78, 5) is 32.3. The first-order chi connectivity index (χ1) is 8.25. The van der Waals surface area contributed by atoms with Crippen LogP contribution in [0.2, 0.25) is 0 Å². The molecule has 8 heteroatoms. The van der Waals surface area contributed by atoms with Gasteiger partial charge in [0.1, 0.15) is 17.8 Å². The van der Waals surface area contributed by atoms with Crippen LogP contribution in [0, 0.1) is 0 Å². The third kappa shape index (κ3) is 2.97. The summed E-state index contributed by atoms with van der Waals surface area (Å²) >= 11 is 0. The second kappa shape index (κ2) is 5.01. The maximum Gasteiger partial charge on any atom is 0.271 e. The highest BCUT2D eigenvalue weighted by atomic mass is 16.2. The van der Waals surface area contributed by atoms with Gasteiger partial charge in [0.2, 0.25) is 0 Å². The van der Waals surface area contributed by atoms with Crippen molar-refractivity contribution < 1.29 is 4.79 Å². The number of hydrogen-bond donors (Lipinski definition) is 3. The van der Waals surface area contributed by atoms with E-state index in [0.717, 1.165) is 6.20 Å². The summed E-state index contributed by atoms with van der Waals surface area (Å²) in [6.45, 7) is 0.412. The third-order valence-corrected chi connectivity index (χ3v) is 2.02. The molecule has 0 saturated carbocycles. The number of amides is 1. The van der Waals surface area contributed by atoms with E-state index in [2.05, 4.69) is 30.5 Å². The molecule has 0 aliphatic carbocycles. The molecule has 88 valence electrons. The summed E-state index contributed by atoms with van der Waals surface area (Å²) in [5.74, 6) is 0.348. The summed E-state index contributed by atoms with van der Waals surface area (Å²) in [5.41, 5.74) is -0.176. The smallest absolute Gasteiger partial charge is 0.271 e. The number of carbonyl (C=O) groups excluding carboxylic acids is 1. The summed E-state index contributed by atoms with van der Waals surface area (Å²) < 4.78 is 0. The summed E-state index contributed by atoms with van der Waals surface area (Å²) in [5, 5.41) is 9.01. The molecular weight excluding hydrogens is 224 g/mol. The number of nitrogens with zero attached hydrogens (tertiary/aromatic N) is 3. The minimum Gasteiger partial charge on any atom is -0.350 e. The molecule has 0 saturated heterocycles. The number of hydrogen-bond acceptors (Lipinski definition) is 5. The lowest BCUT2D eigenvalue weighted by atomic mass is 10.3. The standard InChI is InChI=1S/C9H10N6O2/c16-8-4-11-6(3-12-8)9(17)10-2-1-7-13-5-14-15-7/h3-5H,1-2H2,(H,10,17)(H,12,16)(H,13,14,15). The van der Waals surface area contributed by atoms with E-state index in [4.69, 9.17) is 0 Å². The van der Waals surface area contributed by atoms with E-state index in [1.807, 2.05) is 0 Å². The van der Waals surface area contributed by atoms with Gasteiger partial charge in [-0.15, -0.1) is 0 Å². The lowest BCUT2D eigenvalue weighted by molar-refractivity contribution is 0.0948. The molecule has 8 nitrogen and oxygen atoms in total. The van der Waals surface area contributed by atoms with Crippen LogP contribution in [0.3, 0.4) is 0 Å². The normalized spacial score (nSPS) is 10.1. The van der Waals surface area contributed by atoms with Crippen LogP contribution in [0.25, 0.3) is 0 Å². The van der Waals surface area contributed by atoms with Gasteiger partial charge < -0.3 is 10.3 Å². The van der Waals surface area contributed by atoms with Gasteiger partial charge in [-0.2, -0.15) is 5.10 Å². The predicted octanol–water partition coefficient (Wildman–Crippen LogP) is -1.14. The van der Waals surface area contributed by atoms with Crippen LogP contribution in [0.1, 0.15) is 16.3 Å². The fourth-order valence-electron chi connectivity index (χ4n) is 1.20. The molecule has 1 amide bonds. The molecule has 2 heterocycles. The molecule has 0 aliphatic rings. The maximum atomic E-state index is 11.5. The van der Waals surface area contributed by atoms with E-state index in [1.54, 1.807) is 0 Å². The van der Waals surface area contributed by atoms with Gasteiger partial charge in [-0.25, -0.2) is 9.97 Å². The van der Waals surface area contributed by atoms with Gasteiger partial charge in [0, 0.05) is 19.2 Å². The second-order valence-corrected chi connectivity index (χ2v) is 3.23. The second-order valence-electron chi connectivity index (χ2n) is 3.23. The molecule has 17 heavy (non-hydrogen) atoms. The SMILES string of the molecule is O=C(NCCc1ncn[nH]1)c1c[nH]c(=O)cn1. The predicted molar refractivity (Wildman–Crippen MR) is 57.3 cm³/mol. The largest absolute Gasteiger partial charge is 0.350 e. The van der Waals surface area contributed by atoms with Crippen LogP contribution in [-0.2, 0) is 6.42 Å². The Morgan fingerprint density at radius 3 is 2.94 bits per heavy atom. The number of rotatable bonds is 4. The molecule has 0 spiro atoms. The first kappa shape index (κ1) is 11.0. The highest BCUT2D eigenvalue weighted by Crippen LogP contribution is 1.89. The number of carbonyl (C=O) groups is 1. The van der Waals surface area contributed by atoms with Gasteiger partial charge in [0.25, 0.3) is 11.5 Å². The zero-order valence-electron chi connectivity index (χ0n) is 8.80. The molecule has 0 fully saturated rings. The Balaban J connectivity index is 1.85. The van der Waals surface area contributed by atoms with E-state index in [9.17, 15) is 9.59 Å². The first-order valence-electron chi connectivity index (χ1n) is 4.93. The van der Waals surface area contributed by atoms with Gasteiger partial charge in [-0.1, -0.05) is 0 Å². The summed E-state index contributed by atoms with van der Waals surface area (Å²) in [7, 11) is 0. The van der Waals surface area contributed by atoms with Crippen molar-refractivity contribution in [3.63, 3.8) is 0 Å². The van der Waals surface area contributed by atoms with E-state index in [1.165, 1.54) is 12.5 Å². The Kier molecular flexibility index (Phi) is 3.24. The number of aromatic nitrogens is 5. The maximum absolute atomic E-state index is 11.5. The van der Waals surface area contributed by atoms with Crippen LogP contribution in [0.5, 0.6) is 0 Å². The number of aromatic amines is 2. The van der Waals surface area contributed by atoms with Gasteiger partial charge in [0.05, 0.1) is 6.20 Å². The van der Waals surface area contributed by atoms with Crippen molar-refractivity contribution in [2.45, 2.75) is 6.42 Å². The summed E-state index contributed by atoms with van der Waals surface area (Å²) in [6.07, 6.45) is 4.28. The molecular formula is C9H10N6O2. The quantitative estimate of drug-likeness (QED) is 0.618. The molecule has 3 N–H and O–H groups in total. The summed E-state index contributed by atoms with van der Waals surface area (Å²) in [6, 6.07) is 0. The monoisotopic (exact) mass is 234 g/mol. The zero-order chi connectivity index (χ0) is 12.1. The van der Waals surface area contributed by atoms with Crippen LogP contribution in [-0.4, -0.2) is 37.6 Å². The fourth-order valence-corrected chi connectivity index (χ4v) is 1.20. The highest BCUT2D eigenvalue weighted by molar-refractivity contribution is 5.91. The molecule has 2 rings (SSSR count). The average Bonchev–Trinajstić information content (AvgIpc) is 2.83. The Morgan fingerprint density at radius 1 is 1.41 bits per heavy atom. The van der Waals surface area contributed by atoms with Crippen LogP contribution in [0.15, 0.2) is 23.5 Å². The van der Waals surface area contributed by atoms with Crippen molar-refractivity contribution in [2.24, 2.45) is 0 Å². The van der Waals surface area contributed by atoms with Gasteiger partial charge >= 0.3 is 0 Å². The molecule has 0 bridgehead atoms. The van der Waals surface area contributed by atoms with Crippen LogP contribution < -0.4 is 10.9 Å². The first-order valence-corrected chi connectivity index (χ1v) is 4.93. The zero-order valence-corrected chi connectivity index (χ0v) is 8.80. The van der Waals surface area contributed by atoms with E-state index in [-0.39, 0.29) is 17.2 Å². The minimum absolute atomic E-state index is 0.169. The van der Waals surface area contributed by atoms with Gasteiger partial charge in [-0.05, 0) is 0 Å². The van der Waals surface area contributed by atoms with Crippen molar-refractivity contribution in [1.82, 2.24) is 30.5 Å². The molecule has 0 radical (unpaired) electrons. The Labute approximate surface area is 95.5 Å². The van der Waals surface area contributed by atoms with E-state index in [0.29, 0.717) is 18.8 Å². The van der Waals surface area contributed by atoms with Crippen LogP contribution >= 0.6 is 0 Å². The van der Waals surface area contributed by atoms with E-state index >= 15 is 0 Å². The number of nitrogens with one attached hydrogen (secondary N) is 3. The van der Waals surface area contributed by atoms with Crippen LogP contribution in [0.4, 0.5) is 0 Å². The Morgan fingerprint density at radius 2 is 2.29 bits per heavy atom. The lowest BCUT2D eigenvalue weighted by Gasteiger charge is -2.02. The van der Waals surface area contributed by atoms with Crippen molar-refractivity contribution in [3.05, 3.63) is 40.6 Å². The fraction of sp³-hybridized carbons (Fsp3) is 0.222. The van der Waals surface area contributed by atoms with E-state index < -0.39 is 0 Å². The van der Waals surface area contributed by atoms with Crippen molar-refractivity contribution in [2.75, 3.05) is 6.54 Å². The van der Waals surface area contributed by atoms with Gasteiger partial charge in [0.15, 0.2) is 0 Å². The lowest BCUT2D eigenvalue weighted by Crippen LogP contribution is -2.27. The molecule has 0 aromatic carbocycles. The topological polar surface area (TPSA) is 116 Å². The van der Waals surface area contributed by atoms with Gasteiger partial charge in [-0.3, -0.25) is 14.7 Å². The van der Waals surface area contributed by atoms with Crippen molar-refractivity contribution in [3.8, 4) is 0 Å². The Bertz CT molecular complexity index is 526. The third-order valence-electron chi connectivity index (χ3n) is 2.02. The average molecular weight is 234 g/mol. The molecule has 0 atom stereocenters. The van der Waals surface area contributed by atoms with Crippen molar-refractivity contribution in [1.29, 1.82) is 0 Å². The molecule has 2 aromatic rings.